The topological polar surface area (TPSA) is 89.9 Å². The van der Waals surface area contributed by atoms with E-state index in [1.807, 2.05) is 0 Å². The number of hydrogen-bond donors (Lipinski definition) is 1. The van der Waals surface area contributed by atoms with Crippen molar-refractivity contribution >= 4 is 22.4 Å². The normalized spacial score (nSPS) is 10.0. The molecule has 0 spiro atoms. The van der Waals surface area contributed by atoms with Crippen molar-refractivity contribution < 1.29 is 9.53 Å². The Morgan fingerprint density at radius 3 is 2.65 bits per heavy atom. The van der Waals surface area contributed by atoms with Gasteiger partial charge in [0.2, 0.25) is 11.0 Å². The number of carbonyl (C=O) groups excluding carboxylic acids is 1. The lowest BCUT2D eigenvalue weighted by atomic mass is 10.4. The third kappa shape index (κ3) is 2.72. The number of nitrogens with zero attached hydrogens (tertiary/aromatic N) is 4. The van der Waals surface area contributed by atoms with Crippen LogP contribution in [-0.4, -0.2) is 33.4 Å². The molecule has 1 amide bonds. The number of anilines is 1. The van der Waals surface area contributed by atoms with E-state index < -0.39 is 0 Å². The highest BCUT2D eigenvalue weighted by molar-refractivity contribution is 7.15. The third-order valence-electron chi connectivity index (χ3n) is 1.83. The number of methoxy groups -OCH3 is 1. The Morgan fingerprint density at radius 1 is 1.29 bits per heavy atom. The molecule has 7 nitrogen and oxygen atoms in total. The van der Waals surface area contributed by atoms with E-state index in [0.717, 1.165) is 5.01 Å². The number of ether oxygens (including phenoxy) is 1. The first kappa shape index (κ1) is 11.4. The fraction of sp³-hybridized carbons (Fsp3) is 0.222. The summed E-state index contributed by atoms with van der Waals surface area (Å²) < 4.78 is 4.84. The average Bonchev–Trinajstić information content (AvgIpc) is 2.75. The number of amides is 1. The second-order valence-corrected chi connectivity index (χ2v) is 4.22. The molecule has 2 aromatic rings. The molecule has 1 N–H and O–H groups in total. The van der Waals surface area contributed by atoms with Crippen LogP contribution in [-0.2, 0) is 0 Å². The highest BCUT2D eigenvalue weighted by Gasteiger charge is 2.11. The Labute approximate surface area is 101 Å². The van der Waals surface area contributed by atoms with Gasteiger partial charge in [-0.15, -0.1) is 20.4 Å². The first-order valence-electron chi connectivity index (χ1n) is 4.68. The molecule has 0 unspecified atom stereocenters. The summed E-state index contributed by atoms with van der Waals surface area (Å²) >= 11 is 1.29. The van der Waals surface area contributed by atoms with Crippen LogP contribution in [0.4, 0.5) is 5.13 Å². The summed E-state index contributed by atoms with van der Waals surface area (Å²) in [6.07, 6.45) is 0. The molecule has 0 aliphatic rings. The lowest BCUT2D eigenvalue weighted by Crippen LogP contribution is -2.14. The fourth-order valence-electron chi connectivity index (χ4n) is 1.06. The van der Waals surface area contributed by atoms with E-state index in [2.05, 4.69) is 25.7 Å². The Bertz CT molecular complexity index is 524. The van der Waals surface area contributed by atoms with Crippen molar-refractivity contribution in [2.45, 2.75) is 6.92 Å². The van der Waals surface area contributed by atoms with Crippen molar-refractivity contribution in [3.05, 3.63) is 22.8 Å². The van der Waals surface area contributed by atoms with Crippen LogP contribution in [0.3, 0.4) is 0 Å². The molecule has 0 saturated carbocycles. The zero-order valence-electron chi connectivity index (χ0n) is 9.17. The third-order valence-corrected chi connectivity index (χ3v) is 2.58. The molecule has 0 atom stereocenters. The van der Waals surface area contributed by atoms with Crippen molar-refractivity contribution in [3.8, 4) is 5.88 Å². The van der Waals surface area contributed by atoms with Crippen LogP contribution in [0.5, 0.6) is 5.88 Å². The minimum atomic E-state index is -0.378. The van der Waals surface area contributed by atoms with Gasteiger partial charge in [0.15, 0.2) is 5.69 Å². The van der Waals surface area contributed by atoms with Crippen molar-refractivity contribution in [1.82, 2.24) is 20.4 Å². The summed E-state index contributed by atoms with van der Waals surface area (Å²) in [5.74, 6) is -0.0235. The summed E-state index contributed by atoms with van der Waals surface area (Å²) in [6, 6.07) is 3.09. The van der Waals surface area contributed by atoms with Crippen LogP contribution < -0.4 is 10.1 Å². The maximum atomic E-state index is 11.7. The van der Waals surface area contributed by atoms with Crippen molar-refractivity contribution in [3.63, 3.8) is 0 Å². The number of aryl methyl sites for hydroxylation is 1. The first-order chi connectivity index (χ1) is 8.19. The van der Waals surface area contributed by atoms with Crippen molar-refractivity contribution in [2.24, 2.45) is 0 Å². The van der Waals surface area contributed by atoms with Gasteiger partial charge in [-0.1, -0.05) is 11.3 Å². The van der Waals surface area contributed by atoms with E-state index in [4.69, 9.17) is 4.74 Å². The van der Waals surface area contributed by atoms with E-state index in [9.17, 15) is 4.79 Å². The molecule has 0 saturated heterocycles. The summed E-state index contributed by atoms with van der Waals surface area (Å²) in [6.45, 7) is 1.81. The summed E-state index contributed by atoms with van der Waals surface area (Å²) in [5.41, 5.74) is 0.193. The fourth-order valence-corrected chi connectivity index (χ4v) is 1.65. The molecule has 0 aliphatic heterocycles. The van der Waals surface area contributed by atoms with Gasteiger partial charge < -0.3 is 4.74 Å². The van der Waals surface area contributed by atoms with Crippen LogP contribution >= 0.6 is 11.3 Å². The number of hydrogen-bond acceptors (Lipinski definition) is 7. The van der Waals surface area contributed by atoms with E-state index >= 15 is 0 Å². The first-order valence-corrected chi connectivity index (χ1v) is 5.50. The zero-order valence-corrected chi connectivity index (χ0v) is 9.98. The van der Waals surface area contributed by atoms with Gasteiger partial charge in [-0.25, -0.2) is 0 Å². The van der Waals surface area contributed by atoms with Crippen LogP contribution in [0.25, 0.3) is 0 Å². The minimum Gasteiger partial charge on any atom is -0.480 e. The van der Waals surface area contributed by atoms with Crippen LogP contribution in [0.15, 0.2) is 12.1 Å². The smallest absolute Gasteiger partial charge is 0.278 e. The molecule has 17 heavy (non-hydrogen) atoms. The van der Waals surface area contributed by atoms with Gasteiger partial charge in [-0.05, 0) is 13.0 Å². The molecule has 2 heterocycles. The van der Waals surface area contributed by atoms with Crippen molar-refractivity contribution in [2.75, 3.05) is 12.4 Å². The van der Waals surface area contributed by atoms with Gasteiger partial charge in [0, 0.05) is 6.07 Å². The highest BCUT2D eigenvalue weighted by Crippen LogP contribution is 2.14. The van der Waals surface area contributed by atoms with Gasteiger partial charge in [0.1, 0.15) is 5.01 Å². The second-order valence-electron chi connectivity index (χ2n) is 3.04. The van der Waals surface area contributed by atoms with Gasteiger partial charge in [-0.2, -0.15) is 0 Å². The molecule has 88 valence electrons. The molecule has 0 fully saturated rings. The number of carbonyl (C=O) groups is 1. The standard InChI is InChI=1S/C9H9N5O2S/c1-5-11-14-9(17-5)10-8(15)6-3-4-7(16-2)13-12-6/h3-4H,1-2H3,(H,10,14,15). The van der Waals surface area contributed by atoms with E-state index in [-0.39, 0.29) is 11.6 Å². The monoisotopic (exact) mass is 251 g/mol. The Morgan fingerprint density at radius 2 is 2.12 bits per heavy atom. The molecule has 0 aliphatic carbocycles. The molecule has 0 bridgehead atoms. The zero-order chi connectivity index (χ0) is 12.3. The van der Waals surface area contributed by atoms with Crippen LogP contribution in [0, 0.1) is 6.92 Å². The predicted octanol–water partition coefficient (Wildman–Crippen LogP) is 0.897. The van der Waals surface area contributed by atoms with Crippen LogP contribution in [0.1, 0.15) is 15.5 Å². The quantitative estimate of drug-likeness (QED) is 0.871. The lowest BCUT2D eigenvalue weighted by Gasteiger charge is -2.00. The highest BCUT2D eigenvalue weighted by atomic mass is 32.1. The molecular weight excluding hydrogens is 242 g/mol. The summed E-state index contributed by atoms with van der Waals surface area (Å²) in [7, 11) is 1.48. The number of aromatic nitrogens is 4. The number of rotatable bonds is 3. The molecule has 8 heteroatoms. The molecule has 2 rings (SSSR count). The van der Waals surface area contributed by atoms with Gasteiger partial charge >= 0.3 is 0 Å². The molecule has 2 aromatic heterocycles. The maximum absolute atomic E-state index is 11.7. The average molecular weight is 251 g/mol. The van der Waals surface area contributed by atoms with E-state index in [1.54, 1.807) is 13.0 Å². The van der Waals surface area contributed by atoms with Gasteiger partial charge in [0.25, 0.3) is 5.91 Å². The minimum absolute atomic E-state index is 0.193. The molecule has 0 radical (unpaired) electrons. The van der Waals surface area contributed by atoms with Crippen molar-refractivity contribution in [1.29, 1.82) is 0 Å². The van der Waals surface area contributed by atoms with Gasteiger partial charge in [-0.3, -0.25) is 10.1 Å². The summed E-state index contributed by atoms with van der Waals surface area (Å²) in [5, 5.41) is 18.8. The second kappa shape index (κ2) is 4.83. The molecule has 0 aromatic carbocycles. The largest absolute Gasteiger partial charge is 0.480 e. The van der Waals surface area contributed by atoms with E-state index in [1.165, 1.54) is 24.5 Å². The predicted molar refractivity (Wildman–Crippen MR) is 61.2 cm³/mol. The lowest BCUT2D eigenvalue weighted by molar-refractivity contribution is 0.102. The Kier molecular flexibility index (Phi) is 3.24. The summed E-state index contributed by atoms with van der Waals surface area (Å²) in [4.78, 5) is 11.7. The van der Waals surface area contributed by atoms with E-state index in [0.29, 0.717) is 11.0 Å². The number of nitrogens with one attached hydrogen (secondary N) is 1. The Balaban J connectivity index is 2.09. The SMILES string of the molecule is COc1ccc(C(=O)Nc2nnc(C)s2)nn1. The molecular formula is C9H9N5O2S. The Hall–Kier alpha value is -2.09. The van der Waals surface area contributed by atoms with Gasteiger partial charge in [0.05, 0.1) is 7.11 Å². The maximum Gasteiger partial charge on any atom is 0.278 e. The van der Waals surface area contributed by atoms with Crippen LogP contribution in [0.2, 0.25) is 0 Å².